The highest BCUT2D eigenvalue weighted by Gasteiger charge is 2.44. The second kappa shape index (κ2) is 7.80. The van der Waals surface area contributed by atoms with Crippen LogP contribution in [0.2, 0.25) is 0 Å². The van der Waals surface area contributed by atoms with Crippen LogP contribution in [0.25, 0.3) is 0 Å². The molecule has 0 N–H and O–H groups in total. The van der Waals surface area contributed by atoms with Gasteiger partial charge in [-0.25, -0.2) is 0 Å². The van der Waals surface area contributed by atoms with Crippen molar-refractivity contribution in [1.82, 2.24) is 4.90 Å². The van der Waals surface area contributed by atoms with Crippen molar-refractivity contribution in [3.8, 4) is 0 Å². The van der Waals surface area contributed by atoms with Gasteiger partial charge >= 0.3 is 0 Å². The lowest BCUT2D eigenvalue weighted by molar-refractivity contribution is 0.122. The minimum Gasteiger partial charge on any atom is -0.300 e. The molecule has 0 aromatic heterocycles. The van der Waals surface area contributed by atoms with Crippen LogP contribution in [0, 0.1) is 5.92 Å². The fraction of sp³-hybridized carbons (Fsp3) is 0.357. The van der Waals surface area contributed by atoms with Crippen molar-refractivity contribution in [2.45, 2.75) is 49.6 Å². The van der Waals surface area contributed by atoms with Gasteiger partial charge < -0.3 is 4.90 Å². The highest BCUT2D eigenvalue weighted by Crippen LogP contribution is 2.48. The Labute approximate surface area is 175 Å². The first-order valence-electron chi connectivity index (χ1n) is 11.2. The molecule has 2 heterocycles. The molecule has 2 aliphatic rings. The van der Waals surface area contributed by atoms with Crippen molar-refractivity contribution >= 4 is 0 Å². The molecule has 2 bridgehead atoms. The second-order valence-corrected chi connectivity index (χ2v) is 9.10. The maximum atomic E-state index is 2.66. The molecule has 2 saturated heterocycles. The molecule has 0 aliphatic carbocycles. The van der Waals surface area contributed by atoms with Gasteiger partial charge in [-0.1, -0.05) is 91.0 Å². The van der Waals surface area contributed by atoms with Crippen molar-refractivity contribution in [3.63, 3.8) is 0 Å². The van der Waals surface area contributed by atoms with Gasteiger partial charge in [-0.2, -0.15) is 0 Å². The molecular formula is C28H31N. The van der Waals surface area contributed by atoms with Gasteiger partial charge in [-0.15, -0.1) is 0 Å². The maximum Gasteiger partial charge on any atom is 0.0454 e. The van der Waals surface area contributed by atoms with Crippen LogP contribution in [0.15, 0.2) is 91.0 Å². The fourth-order valence-electron chi connectivity index (χ4n) is 6.15. The van der Waals surface area contributed by atoms with E-state index in [2.05, 4.69) is 103 Å². The third kappa shape index (κ3) is 3.32. The summed E-state index contributed by atoms with van der Waals surface area (Å²) < 4.78 is 0. The van der Waals surface area contributed by atoms with Crippen LogP contribution in [0.4, 0.5) is 0 Å². The molecule has 0 amide bonds. The summed E-state index contributed by atoms with van der Waals surface area (Å²) in [5.74, 6) is 0.754. The smallest absolute Gasteiger partial charge is 0.0454 e. The van der Waals surface area contributed by atoms with Gasteiger partial charge in [0.2, 0.25) is 0 Å². The van der Waals surface area contributed by atoms with Crippen LogP contribution in [0.3, 0.4) is 0 Å². The first-order chi connectivity index (χ1) is 14.3. The molecule has 5 rings (SSSR count). The number of hydrogen-bond acceptors (Lipinski definition) is 1. The van der Waals surface area contributed by atoms with E-state index >= 15 is 0 Å². The Bertz CT molecular complexity index is 808. The topological polar surface area (TPSA) is 3.24 Å². The van der Waals surface area contributed by atoms with Crippen molar-refractivity contribution in [1.29, 1.82) is 0 Å². The molecular weight excluding hydrogens is 350 g/mol. The quantitative estimate of drug-likeness (QED) is 0.470. The molecule has 2 unspecified atom stereocenters. The predicted octanol–water partition coefficient (Wildman–Crippen LogP) is 6.28. The van der Waals surface area contributed by atoms with E-state index in [1.165, 1.54) is 48.8 Å². The highest BCUT2D eigenvalue weighted by molar-refractivity contribution is 5.50. The minimum absolute atomic E-state index is 0.0935. The summed E-state index contributed by atoms with van der Waals surface area (Å²) >= 11 is 0. The molecule has 29 heavy (non-hydrogen) atoms. The van der Waals surface area contributed by atoms with Gasteiger partial charge in [0.15, 0.2) is 0 Å². The first-order valence-corrected chi connectivity index (χ1v) is 11.2. The average molecular weight is 382 g/mol. The largest absolute Gasteiger partial charge is 0.300 e. The van der Waals surface area contributed by atoms with Crippen LogP contribution in [0.5, 0.6) is 0 Å². The zero-order valence-electron chi connectivity index (χ0n) is 17.4. The lowest BCUT2D eigenvalue weighted by Gasteiger charge is -2.43. The zero-order chi connectivity index (χ0) is 19.7. The summed E-state index contributed by atoms with van der Waals surface area (Å²) in [6.07, 6.45) is 6.62. The lowest BCUT2D eigenvalue weighted by Crippen LogP contribution is -2.42. The highest BCUT2D eigenvalue weighted by atomic mass is 15.2. The van der Waals surface area contributed by atoms with Crippen molar-refractivity contribution in [2.75, 3.05) is 7.05 Å². The molecule has 1 nitrogen and oxygen atoms in total. The molecule has 0 radical (unpaired) electrons. The van der Waals surface area contributed by atoms with Crippen molar-refractivity contribution < 1.29 is 0 Å². The number of nitrogens with zero attached hydrogens (tertiary/aromatic N) is 1. The van der Waals surface area contributed by atoms with Gasteiger partial charge in [-0.05, 0) is 61.8 Å². The van der Waals surface area contributed by atoms with Crippen LogP contribution in [-0.2, 0) is 5.41 Å². The van der Waals surface area contributed by atoms with Crippen LogP contribution >= 0.6 is 0 Å². The monoisotopic (exact) mass is 381 g/mol. The van der Waals surface area contributed by atoms with E-state index < -0.39 is 0 Å². The zero-order valence-corrected chi connectivity index (χ0v) is 17.4. The number of rotatable bonds is 5. The van der Waals surface area contributed by atoms with Gasteiger partial charge in [0, 0.05) is 17.5 Å². The minimum atomic E-state index is -0.0935. The number of benzene rings is 3. The summed E-state index contributed by atoms with van der Waals surface area (Å²) in [6.45, 7) is 0. The van der Waals surface area contributed by atoms with E-state index in [1.807, 2.05) is 0 Å². The number of hydrogen-bond donors (Lipinski definition) is 0. The Kier molecular flexibility index (Phi) is 5.01. The Hall–Kier alpha value is -2.38. The molecule has 1 heteroatoms. The predicted molar refractivity (Wildman–Crippen MR) is 121 cm³/mol. The fourth-order valence-corrected chi connectivity index (χ4v) is 6.15. The summed E-state index contributed by atoms with van der Waals surface area (Å²) in [7, 11) is 2.34. The van der Waals surface area contributed by atoms with Gasteiger partial charge in [0.05, 0.1) is 0 Å². The van der Waals surface area contributed by atoms with Gasteiger partial charge in [-0.3, -0.25) is 0 Å². The number of piperidine rings is 1. The van der Waals surface area contributed by atoms with Gasteiger partial charge in [0.25, 0.3) is 0 Å². The van der Waals surface area contributed by atoms with Crippen LogP contribution in [0.1, 0.15) is 48.8 Å². The van der Waals surface area contributed by atoms with Crippen LogP contribution < -0.4 is 0 Å². The van der Waals surface area contributed by atoms with Crippen LogP contribution in [-0.4, -0.2) is 24.0 Å². The Morgan fingerprint density at radius 1 is 0.655 bits per heavy atom. The molecule has 0 saturated carbocycles. The van der Waals surface area contributed by atoms with E-state index in [9.17, 15) is 0 Å². The summed E-state index contributed by atoms with van der Waals surface area (Å²) in [5, 5.41) is 0. The Balaban J connectivity index is 1.64. The summed E-state index contributed by atoms with van der Waals surface area (Å²) in [6, 6.07) is 35.2. The molecule has 2 atom stereocenters. The van der Waals surface area contributed by atoms with Gasteiger partial charge in [0.1, 0.15) is 0 Å². The summed E-state index contributed by atoms with van der Waals surface area (Å²) in [4.78, 5) is 2.66. The van der Waals surface area contributed by atoms with E-state index in [0.29, 0.717) is 0 Å². The average Bonchev–Trinajstić information content (AvgIpc) is 3.00. The molecule has 2 aliphatic heterocycles. The van der Waals surface area contributed by atoms with E-state index in [1.54, 1.807) is 0 Å². The Morgan fingerprint density at radius 3 is 1.41 bits per heavy atom. The van der Waals surface area contributed by atoms with E-state index in [4.69, 9.17) is 0 Å². The normalized spacial score (nSPS) is 24.5. The van der Waals surface area contributed by atoms with Crippen molar-refractivity contribution in [2.24, 2.45) is 5.92 Å². The Morgan fingerprint density at radius 2 is 1.03 bits per heavy atom. The first kappa shape index (κ1) is 18.6. The number of fused-ring (bicyclic) bond motifs is 2. The van der Waals surface area contributed by atoms with E-state index in [-0.39, 0.29) is 5.41 Å². The second-order valence-electron chi connectivity index (χ2n) is 9.10. The molecule has 2 fully saturated rings. The molecule has 0 spiro atoms. The summed E-state index contributed by atoms with van der Waals surface area (Å²) in [5.41, 5.74) is 4.17. The maximum absolute atomic E-state index is 2.66. The SMILES string of the molecule is CN1C2CCC1CC(CC(c1ccccc1)(c1ccccc1)c1ccccc1)C2. The third-order valence-corrected chi connectivity index (χ3v) is 7.59. The molecule has 148 valence electrons. The standard InChI is InChI=1S/C28H31N/c1-29-26-17-18-27(29)20-22(19-26)21-28(23-11-5-2-6-12-23,24-13-7-3-8-14-24)25-15-9-4-10-16-25/h2-16,22,26-27H,17-21H2,1H3. The van der Waals surface area contributed by atoms with E-state index in [0.717, 1.165) is 18.0 Å². The molecule has 3 aromatic carbocycles. The molecule has 3 aromatic rings. The van der Waals surface area contributed by atoms with Crippen molar-refractivity contribution in [3.05, 3.63) is 108 Å². The third-order valence-electron chi connectivity index (χ3n) is 7.59. The lowest BCUT2D eigenvalue weighted by atomic mass is 9.63.